The minimum atomic E-state index is -0.556. The van der Waals surface area contributed by atoms with E-state index < -0.39 is 5.97 Å². The van der Waals surface area contributed by atoms with Gasteiger partial charge in [-0.2, -0.15) is 0 Å². The highest BCUT2D eigenvalue weighted by atomic mass is 16.5. The van der Waals surface area contributed by atoms with Crippen molar-refractivity contribution < 1.29 is 19.1 Å². The van der Waals surface area contributed by atoms with Gasteiger partial charge in [0, 0.05) is 25.4 Å². The highest BCUT2D eigenvalue weighted by Crippen LogP contribution is 2.19. The molecule has 1 aliphatic rings. The Labute approximate surface area is 94.1 Å². The number of amides is 1. The van der Waals surface area contributed by atoms with Crippen molar-refractivity contribution >= 4 is 17.7 Å². The molecule has 0 bridgehead atoms. The fraction of sp³-hybridized carbons (Fsp3) is 0.545. The van der Waals surface area contributed by atoms with E-state index in [1.807, 2.05) is 0 Å². The van der Waals surface area contributed by atoms with Gasteiger partial charge in [-0.05, 0) is 0 Å². The summed E-state index contributed by atoms with van der Waals surface area (Å²) in [5, 5.41) is 0. The lowest BCUT2D eigenvalue weighted by molar-refractivity contribution is -0.144. The molecule has 0 unspecified atom stereocenters. The average Bonchev–Trinajstić information content (AvgIpc) is 2.61. The summed E-state index contributed by atoms with van der Waals surface area (Å²) in [5.74, 6) is -1.24. The smallest absolute Gasteiger partial charge is 0.313 e. The molecule has 5 nitrogen and oxygen atoms in total. The van der Waals surface area contributed by atoms with E-state index in [2.05, 4.69) is 11.3 Å². The molecule has 0 aliphatic carbocycles. The molecular weight excluding hydrogens is 210 g/mol. The second-order valence-corrected chi connectivity index (χ2v) is 3.71. The molecule has 0 aromatic heterocycles. The van der Waals surface area contributed by atoms with Gasteiger partial charge >= 0.3 is 5.97 Å². The lowest BCUT2D eigenvalue weighted by atomic mass is 10.0. The van der Waals surface area contributed by atoms with Crippen LogP contribution in [-0.4, -0.2) is 42.8 Å². The van der Waals surface area contributed by atoms with Crippen molar-refractivity contribution in [1.29, 1.82) is 0 Å². The summed E-state index contributed by atoms with van der Waals surface area (Å²) in [6.45, 7) is 4.36. The maximum atomic E-state index is 11.6. The van der Waals surface area contributed by atoms with Crippen molar-refractivity contribution in [3.63, 3.8) is 0 Å². The van der Waals surface area contributed by atoms with Crippen molar-refractivity contribution in [3.05, 3.63) is 12.7 Å². The molecule has 1 heterocycles. The minimum absolute atomic E-state index is 0.0666. The van der Waals surface area contributed by atoms with E-state index in [-0.39, 0.29) is 30.4 Å². The first-order valence-electron chi connectivity index (χ1n) is 5.06. The highest BCUT2D eigenvalue weighted by molar-refractivity contribution is 5.99. The van der Waals surface area contributed by atoms with E-state index in [9.17, 15) is 14.4 Å². The zero-order chi connectivity index (χ0) is 12.1. The number of rotatable bonds is 5. The maximum absolute atomic E-state index is 11.6. The molecule has 0 N–H and O–H groups in total. The number of nitrogens with zero attached hydrogens (tertiary/aromatic N) is 1. The monoisotopic (exact) mass is 225 g/mol. The Hall–Kier alpha value is -1.65. The Balaban J connectivity index is 2.51. The Morgan fingerprint density at radius 3 is 2.88 bits per heavy atom. The summed E-state index contributed by atoms with van der Waals surface area (Å²) < 4.78 is 4.41. The lowest BCUT2D eigenvalue weighted by Gasteiger charge is -2.13. The molecule has 5 heteroatoms. The van der Waals surface area contributed by atoms with E-state index in [4.69, 9.17) is 0 Å². The van der Waals surface area contributed by atoms with Gasteiger partial charge in [0.05, 0.1) is 7.11 Å². The summed E-state index contributed by atoms with van der Waals surface area (Å²) in [5.41, 5.74) is 0. The Morgan fingerprint density at radius 1 is 1.62 bits per heavy atom. The van der Waals surface area contributed by atoms with Crippen LogP contribution >= 0.6 is 0 Å². The number of carbonyl (C=O) groups is 3. The number of Topliss-reactive ketones (excluding diaryl/α,β-unsaturated/α-hetero) is 1. The van der Waals surface area contributed by atoms with Gasteiger partial charge in [-0.3, -0.25) is 14.4 Å². The first-order chi connectivity index (χ1) is 7.58. The number of hydrogen-bond donors (Lipinski definition) is 0. The molecule has 1 rings (SSSR count). The van der Waals surface area contributed by atoms with E-state index in [0.29, 0.717) is 13.1 Å². The molecule has 16 heavy (non-hydrogen) atoms. The summed E-state index contributed by atoms with van der Waals surface area (Å²) in [4.78, 5) is 35.5. The van der Waals surface area contributed by atoms with Crippen molar-refractivity contribution in [1.82, 2.24) is 4.90 Å². The maximum Gasteiger partial charge on any atom is 0.313 e. The van der Waals surface area contributed by atoms with Gasteiger partial charge in [0.1, 0.15) is 12.2 Å². The van der Waals surface area contributed by atoms with Crippen LogP contribution in [0.1, 0.15) is 12.8 Å². The molecule has 0 aromatic carbocycles. The predicted octanol–water partition coefficient (Wildman–Crippen LogP) is 0.153. The van der Waals surface area contributed by atoms with Gasteiger partial charge in [0.25, 0.3) is 0 Å². The Kier molecular flexibility index (Phi) is 4.22. The largest absolute Gasteiger partial charge is 0.469 e. The third kappa shape index (κ3) is 2.92. The first kappa shape index (κ1) is 12.4. The highest BCUT2D eigenvalue weighted by Gasteiger charge is 2.34. The second kappa shape index (κ2) is 5.44. The number of methoxy groups -OCH3 is 1. The average molecular weight is 225 g/mol. The van der Waals surface area contributed by atoms with Crippen molar-refractivity contribution in [2.24, 2.45) is 5.92 Å². The summed E-state index contributed by atoms with van der Waals surface area (Å²) >= 11 is 0. The van der Waals surface area contributed by atoms with Crippen LogP contribution in [0.3, 0.4) is 0 Å². The van der Waals surface area contributed by atoms with Crippen LogP contribution in [-0.2, 0) is 19.1 Å². The predicted molar refractivity (Wildman–Crippen MR) is 56.5 cm³/mol. The van der Waals surface area contributed by atoms with Crippen LogP contribution in [0.4, 0.5) is 0 Å². The van der Waals surface area contributed by atoms with Gasteiger partial charge in [-0.25, -0.2) is 0 Å². The number of hydrogen-bond acceptors (Lipinski definition) is 4. The van der Waals surface area contributed by atoms with E-state index in [1.54, 1.807) is 11.0 Å². The molecule has 1 amide bonds. The zero-order valence-corrected chi connectivity index (χ0v) is 9.27. The van der Waals surface area contributed by atoms with Crippen LogP contribution in [0.15, 0.2) is 12.7 Å². The topological polar surface area (TPSA) is 63.7 Å². The quantitative estimate of drug-likeness (QED) is 0.379. The summed E-state index contributed by atoms with van der Waals surface area (Å²) in [7, 11) is 1.24. The minimum Gasteiger partial charge on any atom is -0.469 e. The molecule has 0 spiro atoms. The summed E-state index contributed by atoms with van der Waals surface area (Å²) in [6, 6.07) is 0. The van der Waals surface area contributed by atoms with Crippen LogP contribution < -0.4 is 0 Å². The van der Waals surface area contributed by atoms with Crippen LogP contribution in [0.25, 0.3) is 0 Å². The van der Waals surface area contributed by atoms with Crippen molar-refractivity contribution in [3.8, 4) is 0 Å². The lowest BCUT2D eigenvalue weighted by Crippen LogP contribution is -2.26. The van der Waals surface area contributed by atoms with Crippen LogP contribution in [0.5, 0.6) is 0 Å². The van der Waals surface area contributed by atoms with Gasteiger partial charge in [-0.15, -0.1) is 6.58 Å². The standard InChI is InChI=1S/C11H15NO4/c1-3-4-12-7-8(5-10(12)14)9(13)6-11(15)16-2/h3,8H,1,4-7H2,2H3/t8-/m0/s1. The number of carbonyl (C=O) groups excluding carboxylic acids is 3. The van der Waals surface area contributed by atoms with Crippen LogP contribution in [0, 0.1) is 5.92 Å². The molecule has 0 saturated carbocycles. The number of esters is 1. The molecule has 1 aliphatic heterocycles. The van der Waals surface area contributed by atoms with E-state index >= 15 is 0 Å². The van der Waals surface area contributed by atoms with Crippen molar-refractivity contribution in [2.45, 2.75) is 12.8 Å². The van der Waals surface area contributed by atoms with Crippen LogP contribution in [0.2, 0.25) is 0 Å². The van der Waals surface area contributed by atoms with Crippen molar-refractivity contribution in [2.75, 3.05) is 20.2 Å². The normalized spacial score (nSPS) is 19.7. The van der Waals surface area contributed by atoms with Gasteiger partial charge in [-0.1, -0.05) is 6.08 Å². The first-order valence-corrected chi connectivity index (χ1v) is 5.06. The molecule has 1 atom stereocenters. The third-order valence-electron chi connectivity index (χ3n) is 2.57. The van der Waals surface area contributed by atoms with E-state index in [1.165, 1.54) is 7.11 Å². The number of likely N-dealkylation sites (tertiary alicyclic amines) is 1. The van der Waals surface area contributed by atoms with E-state index in [0.717, 1.165) is 0 Å². The molecule has 88 valence electrons. The molecule has 1 fully saturated rings. The number of ether oxygens (including phenoxy) is 1. The van der Waals surface area contributed by atoms with Gasteiger partial charge in [0.15, 0.2) is 0 Å². The van der Waals surface area contributed by atoms with Gasteiger partial charge in [0.2, 0.25) is 5.91 Å². The third-order valence-corrected chi connectivity index (χ3v) is 2.57. The fourth-order valence-corrected chi connectivity index (χ4v) is 1.68. The second-order valence-electron chi connectivity index (χ2n) is 3.71. The Morgan fingerprint density at radius 2 is 2.31 bits per heavy atom. The molecular formula is C11H15NO4. The number of ketones is 1. The SMILES string of the molecule is C=CCN1C[C@@H](C(=O)CC(=O)OC)CC1=O. The summed E-state index contributed by atoms with van der Waals surface area (Å²) in [6.07, 6.45) is 1.55. The molecule has 0 radical (unpaired) electrons. The molecule has 1 saturated heterocycles. The molecule has 0 aromatic rings. The van der Waals surface area contributed by atoms with Gasteiger partial charge < -0.3 is 9.64 Å². The fourth-order valence-electron chi connectivity index (χ4n) is 1.68. The zero-order valence-electron chi connectivity index (χ0n) is 9.27. The Bertz CT molecular complexity index is 324.